The number of aromatic amines is 1. The summed E-state index contributed by atoms with van der Waals surface area (Å²) in [5.74, 6) is 0.456. The highest BCUT2D eigenvalue weighted by Gasteiger charge is 2.33. The number of H-pyrrole nitrogens is 1. The van der Waals surface area contributed by atoms with Gasteiger partial charge in [-0.2, -0.15) is 5.10 Å². The molecule has 0 saturated carbocycles. The summed E-state index contributed by atoms with van der Waals surface area (Å²) in [6.07, 6.45) is 3.47. The molecule has 1 fully saturated rings. The number of ether oxygens (including phenoxy) is 1. The van der Waals surface area contributed by atoms with Gasteiger partial charge < -0.3 is 14.6 Å². The minimum atomic E-state index is -0.419. The molecular weight excluding hydrogens is 446 g/mol. The number of rotatable bonds is 5. The van der Waals surface area contributed by atoms with Gasteiger partial charge in [0.15, 0.2) is 5.76 Å². The second kappa shape index (κ2) is 8.75. The topological polar surface area (TPSA) is 113 Å². The van der Waals surface area contributed by atoms with E-state index in [4.69, 9.17) is 9.26 Å². The lowest BCUT2D eigenvalue weighted by molar-refractivity contribution is 0.0916. The van der Waals surface area contributed by atoms with Gasteiger partial charge in [0, 0.05) is 28.4 Å². The fourth-order valence-electron chi connectivity index (χ4n) is 4.76. The second-order valence-corrected chi connectivity index (χ2v) is 8.69. The summed E-state index contributed by atoms with van der Waals surface area (Å²) < 4.78 is 10.8. The van der Waals surface area contributed by atoms with Gasteiger partial charge in [0.25, 0.3) is 5.91 Å². The average molecular weight is 470 g/mol. The van der Waals surface area contributed by atoms with Crippen molar-refractivity contribution in [3.63, 3.8) is 0 Å². The molecule has 176 valence electrons. The molecule has 9 nitrogen and oxygen atoms in total. The highest BCUT2D eigenvalue weighted by atomic mass is 16.6. The third kappa shape index (κ3) is 3.95. The predicted octanol–water partition coefficient (Wildman–Crippen LogP) is 3.98. The molecule has 2 amide bonds. The number of fused-ring (bicyclic) bond motifs is 3. The zero-order chi connectivity index (χ0) is 23.8. The first-order valence-corrected chi connectivity index (χ1v) is 11.6. The Labute approximate surface area is 201 Å². The zero-order valence-corrected chi connectivity index (χ0v) is 18.9. The highest BCUT2D eigenvalue weighted by Crippen LogP contribution is 2.38. The monoisotopic (exact) mass is 469 g/mol. The number of nitrogens with zero attached hydrogens (tertiary/aromatic N) is 3. The third-order valence-corrected chi connectivity index (χ3v) is 6.48. The fraction of sp³-hybridized carbons (Fsp3) is 0.231. The molecule has 1 unspecified atom stereocenters. The van der Waals surface area contributed by atoms with E-state index < -0.39 is 12.2 Å². The number of aryl methyl sites for hydroxylation is 1. The van der Waals surface area contributed by atoms with E-state index in [0.29, 0.717) is 17.9 Å². The second-order valence-electron chi connectivity index (χ2n) is 8.69. The number of aromatic nitrogens is 3. The molecule has 3 heterocycles. The molecule has 1 atom stereocenters. The molecule has 9 heteroatoms. The molecule has 2 aliphatic rings. The first kappa shape index (κ1) is 21.2. The third-order valence-electron chi connectivity index (χ3n) is 6.48. The van der Waals surface area contributed by atoms with Crippen LogP contribution >= 0.6 is 0 Å². The summed E-state index contributed by atoms with van der Waals surface area (Å²) in [6.45, 7) is 0.625. The van der Waals surface area contributed by atoms with Gasteiger partial charge in [-0.1, -0.05) is 29.4 Å². The van der Waals surface area contributed by atoms with Gasteiger partial charge in [-0.3, -0.25) is 14.8 Å². The zero-order valence-electron chi connectivity index (χ0n) is 18.9. The molecule has 2 N–H and O–H groups in total. The van der Waals surface area contributed by atoms with Crippen LogP contribution in [0.1, 0.15) is 27.9 Å². The van der Waals surface area contributed by atoms with Crippen molar-refractivity contribution in [1.29, 1.82) is 0 Å². The standard InChI is InChI=1S/C26H23N5O4/c32-25(16-5-2-1-3-6-16)27-14-19-15-31(26(33)34-19)18-9-10-20-17(13-18)7-4-8-21-23(20)29-30-24(21)22-11-12-28-35-22/h1-3,5-6,9-13,19H,4,7-8,14-15H2,(H,27,32)(H,29,30). The number of carbonyl (C=O) groups excluding carboxylic acids is 2. The van der Waals surface area contributed by atoms with E-state index in [1.165, 1.54) is 0 Å². The lowest BCUT2D eigenvalue weighted by Crippen LogP contribution is -2.34. The average Bonchev–Trinajstić information content (AvgIpc) is 3.61. The Bertz CT molecular complexity index is 1380. The van der Waals surface area contributed by atoms with Crippen molar-refractivity contribution in [3.05, 3.63) is 77.5 Å². The Morgan fingerprint density at radius 1 is 1.14 bits per heavy atom. The Morgan fingerprint density at radius 3 is 2.86 bits per heavy atom. The van der Waals surface area contributed by atoms with Crippen molar-refractivity contribution in [1.82, 2.24) is 20.7 Å². The molecule has 0 spiro atoms. The van der Waals surface area contributed by atoms with E-state index in [1.807, 2.05) is 42.5 Å². The number of benzene rings is 2. The molecule has 1 saturated heterocycles. The van der Waals surface area contributed by atoms with Crippen molar-refractivity contribution >= 4 is 17.7 Å². The molecule has 6 rings (SSSR count). The van der Waals surface area contributed by atoms with E-state index in [1.54, 1.807) is 23.2 Å². The van der Waals surface area contributed by atoms with Crippen LogP contribution in [0.3, 0.4) is 0 Å². The van der Waals surface area contributed by atoms with Crippen LogP contribution in [0.25, 0.3) is 22.7 Å². The van der Waals surface area contributed by atoms with Crippen molar-refractivity contribution in [2.45, 2.75) is 25.4 Å². The normalized spacial score (nSPS) is 16.9. The number of hydrogen-bond donors (Lipinski definition) is 2. The van der Waals surface area contributed by atoms with Gasteiger partial charge in [0.05, 0.1) is 25.0 Å². The molecular formula is C26H23N5O4. The van der Waals surface area contributed by atoms with Crippen LogP contribution in [-0.2, 0) is 17.6 Å². The largest absolute Gasteiger partial charge is 0.442 e. The summed E-state index contributed by atoms with van der Waals surface area (Å²) in [5, 5.41) is 14.3. The molecule has 1 aliphatic heterocycles. The Kier molecular flexibility index (Phi) is 5.29. The lowest BCUT2D eigenvalue weighted by atomic mass is 10.0. The summed E-state index contributed by atoms with van der Waals surface area (Å²) in [4.78, 5) is 26.6. The van der Waals surface area contributed by atoms with E-state index in [9.17, 15) is 9.59 Å². The number of hydrogen-bond acceptors (Lipinski definition) is 6. The number of anilines is 1. The predicted molar refractivity (Wildman–Crippen MR) is 128 cm³/mol. The molecule has 0 bridgehead atoms. The first-order valence-electron chi connectivity index (χ1n) is 11.6. The van der Waals surface area contributed by atoms with Crippen molar-refractivity contribution < 1.29 is 18.8 Å². The van der Waals surface area contributed by atoms with Crippen LogP contribution in [0.4, 0.5) is 10.5 Å². The highest BCUT2D eigenvalue weighted by molar-refractivity contribution is 5.94. The Morgan fingerprint density at radius 2 is 2.03 bits per heavy atom. The van der Waals surface area contributed by atoms with Crippen molar-refractivity contribution in [3.8, 4) is 22.7 Å². The van der Waals surface area contributed by atoms with E-state index in [-0.39, 0.29) is 12.5 Å². The number of nitrogens with one attached hydrogen (secondary N) is 2. The maximum atomic E-state index is 12.6. The van der Waals surface area contributed by atoms with Crippen LogP contribution in [0, 0.1) is 0 Å². The maximum absolute atomic E-state index is 12.6. The number of carbonyl (C=O) groups is 2. The van der Waals surface area contributed by atoms with Crippen LogP contribution in [-0.4, -0.2) is 46.5 Å². The molecule has 2 aromatic heterocycles. The van der Waals surface area contributed by atoms with Gasteiger partial charge in [0.2, 0.25) is 0 Å². The summed E-state index contributed by atoms with van der Waals surface area (Å²) >= 11 is 0. The number of amides is 2. The van der Waals surface area contributed by atoms with E-state index >= 15 is 0 Å². The summed E-state index contributed by atoms with van der Waals surface area (Å²) in [7, 11) is 0. The van der Waals surface area contributed by atoms with E-state index in [2.05, 4.69) is 20.7 Å². The quantitative estimate of drug-likeness (QED) is 0.457. The molecule has 35 heavy (non-hydrogen) atoms. The van der Waals surface area contributed by atoms with Crippen LogP contribution in [0.2, 0.25) is 0 Å². The minimum absolute atomic E-state index is 0.190. The van der Waals surface area contributed by atoms with Gasteiger partial charge in [-0.15, -0.1) is 0 Å². The van der Waals surface area contributed by atoms with Gasteiger partial charge >= 0.3 is 6.09 Å². The van der Waals surface area contributed by atoms with Crippen molar-refractivity contribution in [2.75, 3.05) is 18.0 Å². The van der Waals surface area contributed by atoms with E-state index in [0.717, 1.165) is 53.0 Å². The smallest absolute Gasteiger partial charge is 0.414 e. The Hall–Kier alpha value is -4.40. The number of cyclic esters (lactones) is 1. The van der Waals surface area contributed by atoms with Gasteiger partial charge in [-0.25, -0.2) is 4.79 Å². The summed E-state index contributed by atoms with van der Waals surface area (Å²) in [6, 6.07) is 16.8. The molecule has 2 aromatic carbocycles. The molecule has 1 aliphatic carbocycles. The van der Waals surface area contributed by atoms with Crippen LogP contribution in [0.15, 0.2) is 65.3 Å². The van der Waals surface area contributed by atoms with Gasteiger partial charge in [-0.05, 0) is 49.1 Å². The Balaban J connectivity index is 1.19. The van der Waals surface area contributed by atoms with Crippen LogP contribution in [0.5, 0.6) is 0 Å². The molecule has 0 radical (unpaired) electrons. The SMILES string of the molecule is O=C(NCC1CN(c2ccc3c(c2)CCCc2c(-c4ccno4)n[nH]c2-3)C(=O)O1)c1ccccc1. The fourth-order valence-corrected chi connectivity index (χ4v) is 4.76. The first-order chi connectivity index (χ1) is 17.2. The van der Waals surface area contributed by atoms with Crippen molar-refractivity contribution in [2.24, 2.45) is 0 Å². The maximum Gasteiger partial charge on any atom is 0.414 e. The van der Waals surface area contributed by atoms with Gasteiger partial charge in [0.1, 0.15) is 11.8 Å². The lowest BCUT2D eigenvalue weighted by Gasteiger charge is -2.16. The molecule has 4 aromatic rings. The summed E-state index contributed by atoms with van der Waals surface area (Å²) in [5.41, 5.74) is 6.44. The minimum Gasteiger partial charge on any atom is -0.442 e. The van der Waals surface area contributed by atoms with Crippen LogP contribution < -0.4 is 10.2 Å².